The minimum absolute atomic E-state index is 0.00178. The summed E-state index contributed by atoms with van der Waals surface area (Å²) in [4.78, 5) is 10.6. The Labute approximate surface area is 180 Å². The molecule has 2 aliphatic carbocycles. The van der Waals surface area contributed by atoms with Crippen molar-refractivity contribution in [1.29, 1.82) is 0 Å². The van der Waals surface area contributed by atoms with Gasteiger partial charge >= 0.3 is 12.1 Å². The quantitative estimate of drug-likeness (QED) is 0.395. The third kappa shape index (κ3) is 6.59. The first-order valence-corrected chi connectivity index (χ1v) is 12.0. The van der Waals surface area contributed by atoms with Gasteiger partial charge in [0.05, 0.1) is 11.3 Å². The van der Waals surface area contributed by atoms with E-state index in [1.807, 2.05) is 12.2 Å². The zero-order valence-corrected chi connectivity index (χ0v) is 17.8. The van der Waals surface area contributed by atoms with E-state index in [1.54, 1.807) is 0 Å². The highest BCUT2D eigenvalue weighted by molar-refractivity contribution is 7.89. The Morgan fingerprint density at radius 1 is 1.26 bits per heavy atom. The van der Waals surface area contributed by atoms with Gasteiger partial charge in [0, 0.05) is 18.0 Å². The van der Waals surface area contributed by atoms with Crippen LogP contribution in [0.25, 0.3) is 0 Å². The van der Waals surface area contributed by atoms with Gasteiger partial charge in [-0.25, -0.2) is 8.42 Å². The van der Waals surface area contributed by atoms with Gasteiger partial charge in [-0.15, -0.1) is 0 Å². The molecule has 3 rings (SSSR count). The maximum atomic E-state index is 12.8. The Kier molecular flexibility index (Phi) is 7.13. The SMILES string of the molecule is O=C(O)CCCC=CC1CC2CC(NS(=O)(=O)CCc3cccc(C(F)(F)F)c3)=C1C2. The van der Waals surface area contributed by atoms with E-state index in [9.17, 15) is 26.4 Å². The number of aryl methyl sites for hydroxylation is 1. The fourth-order valence-electron chi connectivity index (χ4n) is 4.30. The summed E-state index contributed by atoms with van der Waals surface area (Å²) in [6.07, 6.45) is 3.36. The molecule has 2 unspecified atom stereocenters. The number of unbranched alkanes of at least 4 members (excludes halogenated alkanes) is 1. The topological polar surface area (TPSA) is 83.5 Å². The van der Waals surface area contributed by atoms with E-state index < -0.39 is 27.7 Å². The van der Waals surface area contributed by atoms with Gasteiger partial charge in [0.25, 0.3) is 0 Å². The van der Waals surface area contributed by atoms with Crippen LogP contribution in [0, 0.1) is 11.8 Å². The number of aliphatic carboxylic acids is 1. The third-order valence-electron chi connectivity index (χ3n) is 5.75. The number of alkyl halides is 3. The Morgan fingerprint density at radius 2 is 2.03 bits per heavy atom. The molecule has 0 heterocycles. The molecule has 2 atom stereocenters. The molecular formula is C22H26F3NO4S. The molecule has 2 aliphatic rings. The highest BCUT2D eigenvalue weighted by atomic mass is 32.2. The van der Waals surface area contributed by atoms with Gasteiger partial charge in [0.2, 0.25) is 10.0 Å². The van der Waals surface area contributed by atoms with Gasteiger partial charge in [0.15, 0.2) is 0 Å². The minimum Gasteiger partial charge on any atom is -0.481 e. The summed E-state index contributed by atoms with van der Waals surface area (Å²) in [5, 5.41) is 8.67. The molecule has 1 aromatic carbocycles. The maximum Gasteiger partial charge on any atom is 0.416 e. The smallest absolute Gasteiger partial charge is 0.416 e. The van der Waals surface area contributed by atoms with E-state index in [0.29, 0.717) is 36.4 Å². The fraction of sp³-hybridized carbons (Fsp3) is 0.500. The van der Waals surface area contributed by atoms with Crippen LogP contribution < -0.4 is 4.72 Å². The number of sulfonamides is 1. The molecule has 170 valence electrons. The highest BCUT2D eigenvalue weighted by Gasteiger charge is 2.37. The van der Waals surface area contributed by atoms with Crippen molar-refractivity contribution in [2.75, 3.05) is 5.75 Å². The summed E-state index contributed by atoms with van der Waals surface area (Å²) < 4.78 is 66.3. The lowest BCUT2D eigenvalue weighted by Gasteiger charge is -2.19. The van der Waals surface area contributed by atoms with Crippen molar-refractivity contribution in [2.24, 2.45) is 11.8 Å². The van der Waals surface area contributed by atoms with Crippen LogP contribution in [0.4, 0.5) is 13.2 Å². The molecule has 0 spiro atoms. The molecule has 0 aromatic heterocycles. The van der Waals surface area contributed by atoms with Crippen LogP contribution >= 0.6 is 0 Å². The first-order chi connectivity index (χ1) is 14.5. The van der Waals surface area contributed by atoms with Gasteiger partial charge in [-0.2, -0.15) is 13.2 Å². The number of carbonyl (C=O) groups is 1. The van der Waals surface area contributed by atoms with Crippen LogP contribution in [-0.2, 0) is 27.4 Å². The molecule has 1 fully saturated rings. The number of fused-ring (bicyclic) bond motifs is 2. The second kappa shape index (κ2) is 9.46. The number of rotatable bonds is 10. The number of benzene rings is 1. The second-order valence-corrected chi connectivity index (χ2v) is 10.0. The van der Waals surface area contributed by atoms with Crippen LogP contribution in [0.3, 0.4) is 0 Å². The van der Waals surface area contributed by atoms with Gasteiger partial charge < -0.3 is 5.11 Å². The van der Waals surface area contributed by atoms with Crippen molar-refractivity contribution in [1.82, 2.24) is 4.72 Å². The van der Waals surface area contributed by atoms with E-state index in [0.717, 1.165) is 30.5 Å². The third-order valence-corrected chi connectivity index (χ3v) is 7.05. The number of nitrogens with one attached hydrogen (secondary N) is 1. The number of allylic oxidation sites excluding steroid dienone is 4. The molecule has 31 heavy (non-hydrogen) atoms. The van der Waals surface area contributed by atoms with Gasteiger partial charge in [0.1, 0.15) is 0 Å². The lowest BCUT2D eigenvalue weighted by molar-refractivity contribution is -0.138. The molecule has 0 saturated heterocycles. The Morgan fingerprint density at radius 3 is 2.71 bits per heavy atom. The number of hydrogen-bond donors (Lipinski definition) is 2. The number of carboxylic acids is 1. The lowest BCUT2D eigenvalue weighted by atomic mass is 9.93. The Hall–Kier alpha value is -2.29. The van der Waals surface area contributed by atoms with Gasteiger partial charge in [-0.3, -0.25) is 9.52 Å². The zero-order valence-electron chi connectivity index (χ0n) is 17.0. The highest BCUT2D eigenvalue weighted by Crippen LogP contribution is 2.47. The molecule has 1 aromatic rings. The molecule has 9 heteroatoms. The van der Waals surface area contributed by atoms with E-state index in [4.69, 9.17) is 5.11 Å². The van der Waals surface area contributed by atoms with E-state index in [2.05, 4.69) is 4.72 Å². The van der Waals surface area contributed by atoms with Gasteiger partial charge in [-0.05, 0) is 61.6 Å². The number of carboxylic acid groups (broad SMARTS) is 1. The van der Waals surface area contributed by atoms with Crippen molar-refractivity contribution in [3.05, 3.63) is 58.8 Å². The molecular weight excluding hydrogens is 431 g/mol. The summed E-state index contributed by atoms with van der Waals surface area (Å²) >= 11 is 0. The van der Waals surface area contributed by atoms with Crippen molar-refractivity contribution in [3.8, 4) is 0 Å². The van der Waals surface area contributed by atoms with Crippen molar-refractivity contribution >= 4 is 16.0 Å². The first-order valence-electron chi connectivity index (χ1n) is 10.3. The average molecular weight is 458 g/mol. The maximum absolute atomic E-state index is 12.8. The van der Waals surface area contributed by atoms with E-state index in [1.165, 1.54) is 12.1 Å². The fourth-order valence-corrected chi connectivity index (χ4v) is 5.49. The Balaban J connectivity index is 1.58. The van der Waals surface area contributed by atoms with Crippen LogP contribution in [0.1, 0.15) is 49.7 Å². The van der Waals surface area contributed by atoms with Crippen LogP contribution in [0.2, 0.25) is 0 Å². The van der Waals surface area contributed by atoms with Gasteiger partial charge in [-0.1, -0.05) is 30.4 Å². The predicted octanol–water partition coefficient (Wildman–Crippen LogP) is 4.66. The molecule has 2 N–H and O–H groups in total. The summed E-state index contributed by atoms with van der Waals surface area (Å²) in [5.41, 5.74) is 1.32. The molecule has 0 aliphatic heterocycles. The monoisotopic (exact) mass is 457 g/mol. The summed E-state index contributed by atoms with van der Waals surface area (Å²) in [6.45, 7) is 0. The largest absolute Gasteiger partial charge is 0.481 e. The van der Waals surface area contributed by atoms with Crippen LogP contribution in [-0.4, -0.2) is 25.2 Å². The average Bonchev–Trinajstić information content (AvgIpc) is 3.25. The predicted molar refractivity (Wildman–Crippen MR) is 111 cm³/mol. The number of halogens is 3. The minimum atomic E-state index is -4.46. The normalized spacial score (nSPS) is 21.3. The lowest BCUT2D eigenvalue weighted by Crippen LogP contribution is -2.28. The number of hydrogen-bond acceptors (Lipinski definition) is 3. The second-order valence-electron chi connectivity index (χ2n) is 8.20. The Bertz CT molecular complexity index is 983. The molecule has 0 radical (unpaired) electrons. The van der Waals surface area contributed by atoms with Crippen molar-refractivity contribution in [3.63, 3.8) is 0 Å². The van der Waals surface area contributed by atoms with E-state index in [-0.39, 0.29) is 24.5 Å². The molecule has 5 nitrogen and oxygen atoms in total. The van der Waals surface area contributed by atoms with Crippen molar-refractivity contribution < 1.29 is 31.5 Å². The van der Waals surface area contributed by atoms with Crippen molar-refractivity contribution in [2.45, 2.75) is 51.1 Å². The van der Waals surface area contributed by atoms with E-state index >= 15 is 0 Å². The summed E-state index contributed by atoms with van der Waals surface area (Å²) in [5.74, 6) is -0.557. The molecule has 0 amide bonds. The van der Waals surface area contributed by atoms with Crippen LogP contribution in [0.5, 0.6) is 0 Å². The standard InChI is InChI=1S/C22H26F3NO4S/c23-22(24,25)18-7-4-5-15(12-18)9-10-31(29,30)26-20-14-16-11-17(19(20)13-16)6-2-1-3-8-21(27)28/h2,4-7,12,16-17,26H,1,3,8-11,13-14H2,(H,27,28). The first kappa shape index (κ1) is 23.4. The molecule has 2 bridgehead atoms. The molecule has 1 saturated carbocycles. The summed E-state index contributed by atoms with van der Waals surface area (Å²) in [7, 11) is -3.67. The summed E-state index contributed by atoms with van der Waals surface area (Å²) in [6, 6.07) is 4.73. The zero-order chi connectivity index (χ0) is 22.6. The van der Waals surface area contributed by atoms with Crippen LogP contribution in [0.15, 0.2) is 47.7 Å².